The number of nitrogens with one attached hydrogen (secondary N) is 1. The quantitative estimate of drug-likeness (QED) is 0.231. The van der Waals surface area contributed by atoms with Crippen LogP contribution in [0, 0.1) is 20.8 Å². The average molecular weight is 598 g/mol. The zero-order valence-corrected chi connectivity index (χ0v) is 26.0. The summed E-state index contributed by atoms with van der Waals surface area (Å²) < 4.78 is 29.4. The molecule has 1 atom stereocenters. The summed E-state index contributed by atoms with van der Waals surface area (Å²) >= 11 is 0. The van der Waals surface area contributed by atoms with Gasteiger partial charge in [-0.1, -0.05) is 90.5 Å². The van der Waals surface area contributed by atoms with Gasteiger partial charge in [-0.25, -0.2) is 8.42 Å². The number of carbonyl (C=O) groups excluding carboxylic acids is 2. The Morgan fingerprint density at radius 1 is 0.791 bits per heavy atom. The lowest BCUT2D eigenvalue weighted by Crippen LogP contribution is -2.53. The molecule has 0 radical (unpaired) electrons. The van der Waals surface area contributed by atoms with E-state index in [0.717, 1.165) is 27.8 Å². The molecule has 0 unspecified atom stereocenters. The SMILES string of the molecule is CCNC(=O)[C@@H](Cc1ccccc1)N(Cc1ccccc1C)C(=O)CN(c1ccc(C)cc1C)S(=O)(=O)c1ccccc1. The number of likely N-dealkylation sites (N-methyl/N-ethyl adjacent to an activating group) is 1. The maximum atomic E-state index is 14.5. The van der Waals surface area contributed by atoms with Gasteiger partial charge in [0.25, 0.3) is 10.0 Å². The first-order valence-electron chi connectivity index (χ1n) is 14.4. The third kappa shape index (κ3) is 7.70. The Kier molecular flexibility index (Phi) is 10.4. The molecule has 4 aromatic carbocycles. The van der Waals surface area contributed by atoms with Crippen molar-refractivity contribution in [3.05, 3.63) is 131 Å². The van der Waals surface area contributed by atoms with Gasteiger partial charge in [-0.05, 0) is 68.1 Å². The summed E-state index contributed by atoms with van der Waals surface area (Å²) in [4.78, 5) is 29.7. The lowest BCUT2D eigenvalue weighted by atomic mass is 10.0. The van der Waals surface area contributed by atoms with Crippen molar-refractivity contribution in [3.63, 3.8) is 0 Å². The number of amides is 2. The second kappa shape index (κ2) is 14.2. The minimum atomic E-state index is -4.13. The van der Waals surface area contributed by atoms with Gasteiger partial charge < -0.3 is 10.2 Å². The van der Waals surface area contributed by atoms with Crippen LogP contribution in [0.25, 0.3) is 0 Å². The van der Waals surface area contributed by atoms with Crippen LogP contribution in [0.3, 0.4) is 0 Å². The van der Waals surface area contributed by atoms with Crippen LogP contribution in [0.2, 0.25) is 0 Å². The highest BCUT2D eigenvalue weighted by atomic mass is 32.2. The van der Waals surface area contributed by atoms with Crippen molar-refractivity contribution in [1.29, 1.82) is 0 Å². The van der Waals surface area contributed by atoms with Crippen LogP contribution < -0.4 is 9.62 Å². The number of rotatable bonds is 12. The van der Waals surface area contributed by atoms with Gasteiger partial charge in [-0.2, -0.15) is 0 Å². The molecule has 8 heteroatoms. The summed E-state index contributed by atoms with van der Waals surface area (Å²) in [7, 11) is -4.13. The third-order valence-corrected chi connectivity index (χ3v) is 9.23. The maximum absolute atomic E-state index is 14.5. The van der Waals surface area contributed by atoms with Crippen LogP contribution in [-0.4, -0.2) is 44.3 Å². The van der Waals surface area contributed by atoms with E-state index < -0.39 is 28.5 Å². The molecule has 43 heavy (non-hydrogen) atoms. The molecule has 0 aliphatic rings. The van der Waals surface area contributed by atoms with E-state index in [4.69, 9.17) is 0 Å². The van der Waals surface area contributed by atoms with Crippen molar-refractivity contribution in [2.75, 3.05) is 17.4 Å². The first-order valence-corrected chi connectivity index (χ1v) is 15.9. The van der Waals surface area contributed by atoms with E-state index in [-0.39, 0.29) is 23.8 Å². The molecule has 224 valence electrons. The molecule has 4 rings (SSSR count). The third-order valence-electron chi connectivity index (χ3n) is 7.46. The van der Waals surface area contributed by atoms with Gasteiger partial charge in [0.2, 0.25) is 11.8 Å². The van der Waals surface area contributed by atoms with Crippen molar-refractivity contribution in [2.45, 2.75) is 51.6 Å². The molecule has 0 saturated heterocycles. The number of hydrogen-bond donors (Lipinski definition) is 1. The van der Waals surface area contributed by atoms with E-state index in [2.05, 4.69) is 5.32 Å². The van der Waals surface area contributed by atoms with E-state index in [1.165, 1.54) is 21.3 Å². The number of aryl methyl sites for hydroxylation is 3. The molecule has 1 N–H and O–H groups in total. The monoisotopic (exact) mass is 597 g/mol. The Bertz CT molecular complexity index is 1660. The highest BCUT2D eigenvalue weighted by Gasteiger charge is 2.35. The van der Waals surface area contributed by atoms with E-state index in [1.807, 2.05) is 94.4 Å². The van der Waals surface area contributed by atoms with Crippen LogP contribution >= 0.6 is 0 Å². The highest BCUT2D eigenvalue weighted by molar-refractivity contribution is 7.92. The number of carbonyl (C=O) groups is 2. The summed E-state index contributed by atoms with van der Waals surface area (Å²) in [6.45, 7) is 7.62. The Balaban J connectivity index is 1.82. The molecule has 0 spiro atoms. The lowest BCUT2D eigenvalue weighted by Gasteiger charge is -2.34. The summed E-state index contributed by atoms with van der Waals surface area (Å²) in [6.07, 6.45) is 0.277. The molecule has 2 amide bonds. The molecule has 0 saturated carbocycles. The standard InChI is InChI=1S/C35H39N3O4S/c1-5-36-35(40)33(23-29-15-8-6-9-16-29)37(24-30-17-13-12-14-27(30)3)34(39)25-38(32-21-20-26(2)22-28(32)4)43(41,42)31-18-10-7-11-19-31/h6-22,33H,5,23-25H2,1-4H3,(H,36,40)/t33-/m1/s1. The molecule has 0 aromatic heterocycles. The van der Waals surface area contributed by atoms with E-state index in [1.54, 1.807) is 24.3 Å². The summed E-state index contributed by atoms with van der Waals surface area (Å²) in [5.74, 6) is -0.771. The summed E-state index contributed by atoms with van der Waals surface area (Å²) in [5, 5.41) is 2.89. The number of benzene rings is 4. The van der Waals surface area contributed by atoms with Crippen molar-refractivity contribution in [3.8, 4) is 0 Å². The van der Waals surface area contributed by atoms with Crippen molar-refractivity contribution >= 4 is 27.5 Å². The van der Waals surface area contributed by atoms with Crippen LogP contribution in [0.5, 0.6) is 0 Å². The van der Waals surface area contributed by atoms with Crippen LogP contribution in [0.4, 0.5) is 5.69 Å². The molecule has 7 nitrogen and oxygen atoms in total. The van der Waals surface area contributed by atoms with Gasteiger partial charge in [-0.3, -0.25) is 13.9 Å². The normalized spacial score (nSPS) is 11.9. The zero-order chi connectivity index (χ0) is 31.0. The van der Waals surface area contributed by atoms with Crippen molar-refractivity contribution in [2.24, 2.45) is 0 Å². The average Bonchev–Trinajstić information content (AvgIpc) is 3.00. The number of nitrogens with zero attached hydrogens (tertiary/aromatic N) is 2. The first kappa shape index (κ1) is 31.5. The summed E-state index contributed by atoms with van der Waals surface area (Å²) in [5.41, 5.74) is 4.85. The predicted octanol–water partition coefficient (Wildman–Crippen LogP) is 5.58. The fourth-order valence-corrected chi connectivity index (χ4v) is 6.63. The predicted molar refractivity (Wildman–Crippen MR) is 171 cm³/mol. The molecule has 0 bridgehead atoms. The fraction of sp³-hybridized carbons (Fsp3) is 0.257. The molecular weight excluding hydrogens is 558 g/mol. The van der Waals surface area contributed by atoms with Crippen molar-refractivity contribution < 1.29 is 18.0 Å². The Morgan fingerprint density at radius 2 is 1.42 bits per heavy atom. The van der Waals surface area contributed by atoms with Crippen molar-refractivity contribution in [1.82, 2.24) is 10.2 Å². The Labute approximate surface area is 255 Å². The minimum absolute atomic E-state index is 0.0813. The van der Waals surface area contributed by atoms with Gasteiger partial charge in [0.15, 0.2) is 0 Å². The van der Waals surface area contributed by atoms with Crippen LogP contribution in [-0.2, 0) is 32.6 Å². The molecule has 4 aromatic rings. The topological polar surface area (TPSA) is 86.8 Å². The van der Waals surface area contributed by atoms with Crippen LogP contribution in [0.1, 0.15) is 34.7 Å². The Hall–Kier alpha value is -4.43. The fourth-order valence-electron chi connectivity index (χ4n) is 5.14. The molecular formula is C35H39N3O4S. The second-order valence-corrected chi connectivity index (χ2v) is 12.5. The van der Waals surface area contributed by atoms with Crippen LogP contribution in [0.15, 0.2) is 108 Å². The highest BCUT2D eigenvalue weighted by Crippen LogP contribution is 2.28. The Morgan fingerprint density at radius 3 is 2.05 bits per heavy atom. The van der Waals surface area contributed by atoms with Gasteiger partial charge in [0, 0.05) is 19.5 Å². The van der Waals surface area contributed by atoms with E-state index >= 15 is 0 Å². The molecule has 0 aliphatic heterocycles. The maximum Gasteiger partial charge on any atom is 0.264 e. The largest absolute Gasteiger partial charge is 0.355 e. The first-order chi connectivity index (χ1) is 20.6. The van der Waals surface area contributed by atoms with E-state index in [0.29, 0.717) is 12.2 Å². The number of hydrogen-bond acceptors (Lipinski definition) is 4. The molecule has 0 fully saturated rings. The molecule has 0 heterocycles. The second-order valence-electron chi connectivity index (χ2n) is 10.7. The summed E-state index contributed by atoms with van der Waals surface area (Å²) in [6, 6.07) is 29.9. The lowest BCUT2D eigenvalue weighted by molar-refractivity contribution is -0.140. The molecule has 0 aliphatic carbocycles. The smallest absolute Gasteiger partial charge is 0.264 e. The van der Waals surface area contributed by atoms with Gasteiger partial charge in [0.1, 0.15) is 12.6 Å². The number of sulfonamides is 1. The van der Waals surface area contributed by atoms with Gasteiger partial charge >= 0.3 is 0 Å². The van der Waals surface area contributed by atoms with E-state index in [9.17, 15) is 18.0 Å². The number of anilines is 1. The minimum Gasteiger partial charge on any atom is -0.355 e. The zero-order valence-electron chi connectivity index (χ0n) is 25.2. The van der Waals surface area contributed by atoms with Gasteiger partial charge in [-0.15, -0.1) is 0 Å². The van der Waals surface area contributed by atoms with Gasteiger partial charge in [0.05, 0.1) is 10.6 Å².